The molecule has 0 radical (unpaired) electrons. The third-order valence-electron chi connectivity index (χ3n) is 3.98. The van der Waals surface area contributed by atoms with Gasteiger partial charge in [-0.15, -0.1) is 11.3 Å². The molecule has 2 aliphatic heterocycles. The minimum Gasteiger partial charge on any atom is -0.379 e. The van der Waals surface area contributed by atoms with Crippen LogP contribution in [-0.2, 0) is 16.1 Å². The van der Waals surface area contributed by atoms with Crippen LogP contribution < -0.4 is 10.6 Å². The minimum absolute atomic E-state index is 0.115. The molecule has 1 aromatic heterocycles. The molecule has 0 aromatic carbocycles. The van der Waals surface area contributed by atoms with Gasteiger partial charge in [0.05, 0.1) is 18.9 Å². The lowest BCUT2D eigenvalue weighted by molar-refractivity contribution is -0.120. The average Bonchev–Trinajstić information content (AvgIpc) is 2.96. The van der Waals surface area contributed by atoms with Gasteiger partial charge >= 0.3 is 0 Å². The molecular weight excluding hydrogens is 288 g/mol. The van der Waals surface area contributed by atoms with E-state index in [0.717, 1.165) is 69.6 Å². The van der Waals surface area contributed by atoms with Crippen LogP contribution in [0.4, 0.5) is 5.13 Å². The van der Waals surface area contributed by atoms with E-state index in [-0.39, 0.29) is 11.8 Å². The predicted molar refractivity (Wildman–Crippen MR) is 82.4 cm³/mol. The number of anilines is 1. The highest BCUT2D eigenvalue weighted by Gasteiger charge is 2.22. The number of nitrogens with one attached hydrogen (secondary N) is 2. The summed E-state index contributed by atoms with van der Waals surface area (Å²) in [6.07, 6.45) is 1.83. The Balaban J connectivity index is 1.50. The second-order valence-electron chi connectivity index (χ2n) is 5.55. The number of piperidine rings is 1. The molecule has 1 amide bonds. The van der Waals surface area contributed by atoms with Crippen LogP contribution in [-0.4, -0.2) is 55.2 Å². The van der Waals surface area contributed by atoms with E-state index in [1.165, 1.54) is 11.3 Å². The summed E-state index contributed by atoms with van der Waals surface area (Å²) < 4.78 is 5.34. The molecule has 2 saturated heterocycles. The van der Waals surface area contributed by atoms with Gasteiger partial charge in [0.15, 0.2) is 5.13 Å². The maximum atomic E-state index is 12.2. The van der Waals surface area contributed by atoms with Crippen molar-refractivity contribution in [3.05, 3.63) is 11.1 Å². The fraction of sp³-hybridized carbons (Fsp3) is 0.714. The fourth-order valence-corrected chi connectivity index (χ4v) is 3.42. The zero-order valence-corrected chi connectivity index (χ0v) is 13.0. The number of hydrogen-bond acceptors (Lipinski definition) is 6. The smallest absolute Gasteiger partial charge is 0.229 e. The maximum Gasteiger partial charge on any atom is 0.229 e. The van der Waals surface area contributed by atoms with Crippen LogP contribution in [0.3, 0.4) is 0 Å². The van der Waals surface area contributed by atoms with E-state index in [1.54, 1.807) is 0 Å². The molecule has 3 heterocycles. The average molecular weight is 310 g/mol. The van der Waals surface area contributed by atoms with Crippen molar-refractivity contribution < 1.29 is 9.53 Å². The Morgan fingerprint density at radius 1 is 1.43 bits per heavy atom. The molecule has 7 heteroatoms. The number of nitrogens with zero attached hydrogens (tertiary/aromatic N) is 2. The molecule has 21 heavy (non-hydrogen) atoms. The summed E-state index contributed by atoms with van der Waals surface area (Å²) in [6.45, 7) is 6.19. The number of aromatic nitrogens is 1. The van der Waals surface area contributed by atoms with E-state index < -0.39 is 0 Å². The van der Waals surface area contributed by atoms with Gasteiger partial charge in [-0.3, -0.25) is 9.69 Å². The van der Waals surface area contributed by atoms with Gasteiger partial charge in [0, 0.05) is 30.9 Å². The Morgan fingerprint density at radius 2 is 2.19 bits per heavy atom. The van der Waals surface area contributed by atoms with Crippen molar-refractivity contribution in [2.75, 3.05) is 44.7 Å². The van der Waals surface area contributed by atoms with E-state index >= 15 is 0 Å². The van der Waals surface area contributed by atoms with Gasteiger partial charge in [0.25, 0.3) is 0 Å². The quantitative estimate of drug-likeness (QED) is 0.865. The van der Waals surface area contributed by atoms with E-state index in [0.29, 0.717) is 0 Å². The number of hydrogen-bond donors (Lipinski definition) is 2. The van der Waals surface area contributed by atoms with Gasteiger partial charge in [0.1, 0.15) is 0 Å². The lowest BCUT2D eigenvalue weighted by atomic mass is 9.97. The topological polar surface area (TPSA) is 66.5 Å². The zero-order valence-electron chi connectivity index (χ0n) is 12.1. The standard InChI is InChI=1S/C14H22N4O2S/c19-13(11-1-3-15-4-2-11)17-14-16-12(10-21-14)9-18-5-7-20-8-6-18/h10-11,15H,1-9H2,(H,16,17,19). The van der Waals surface area contributed by atoms with Crippen LogP contribution in [0.5, 0.6) is 0 Å². The van der Waals surface area contributed by atoms with Crippen molar-refractivity contribution in [2.45, 2.75) is 19.4 Å². The third-order valence-corrected chi connectivity index (χ3v) is 4.79. The first-order chi connectivity index (χ1) is 10.3. The molecule has 6 nitrogen and oxygen atoms in total. The Kier molecular flexibility index (Phi) is 5.18. The van der Waals surface area contributed by atoms with Crippen molar-refractivity contribution in [1.82, 2.24) is 15.2 Å². The van der Waals surface area contributed by atoms with E-state index in [4.69, 9.17) is 4.74 Å². The SMILES string of the molecule is O=C(Nc1nc(CN2CCOCC2)cs1)C1CCNCC1. The Morgan fingerprint density at radius 3 is 2.95 bits per heavy atom. The molecule has 2 fully saturated rings. The van der Waals surface area contributed by atoms with Crippen molar-refractivity contribution in [1.29, 1.82) is 0 Å². The molecule has 3 rings (SSSR count). The molecule has 0 atom stereocenters. The fourth-order valence-electron chi connectivity index (χ4n) is 2.72. The molecular formula is C14H22N4O2S. The second-order valence-corrected chi connectivity index (χ2v) is 6.40. The lowest BCUT2D eigenvalue weighted by Gasteiger charge is -2.25. The molecule has 0 saturated carbocycles. The third kappa shape index (κ3) is 4.23. The van der Waals surface area contributed by atoms with Gasteiger partial charge in [-0.1, -0.05) is 0 Å². The summed E-state index contributed by atoms with van der Waals surface area (Å²) in [5.74, 6) is 0.238. The largest absolute Gasteiger partial charge is 0.379 e. The molecule has 0 aliphatic carbocycles. The Hall–Kier alpha value is -1.02. The van der Waals surface area contributed by atoms with Crippen LogP contribution >= 0.6 is 11.3 Å². The van der Waals surface area contributed by atoms with E-state index in [1.807, 2.05) is 5.38 Å². The highest BCUT2D eigenvalue weighted by molar-refractivity contribution is 7.13. The van der Waals surface area contributed by atoms with Gasteiger partial charge in [-0.25, -0.2) is 4.98 Å². The van der Waals surface area contributed by atoms with E-state index in [9.17, 15) is 4.79 Å². The summed E-state index contributed by atoms with van der Waals surface area (Å²) in [4.78, 5) is 19.0. The summed E-state index contributed by atoms with van der Waals surface area (Å²) in [7, 11) is 0. The van der Waals surface area contributed by atoms with Crippen LogP contribution in [0.25, 0.3) is 0 Å². The predicted octanol–water partition coefficient (Wildman–Crippen LogP) is 0.913. The van der Waals surface area contributed by atoms with Crippen molar-refractivity contribution in [2.24, 2.45) is 5.92 Å². The molecule has 0 unspecified atom stereocenters. The number of amides is 1. The Bertz CT molecular complexity index is 467. The van der Waals surface area contributed by atoms with Crippen LogP contribution in [0.1, 0.15) is 18.5 Å². The number of ether oxygens (including phenoxy) is 1. The molecule has 2 aliphatic rings. The first-order valence-corrected chi connectivity index (χ1v) is 8.45. The number of carbonyl (C=O) groups is 1. The van der Waals surface area contributed by atoms with Crippen LogP contribution in [0.15, 0.2) is 5.38 Å². The van der Waals surface area contributed by atoms with Crippen molar-refractivity contribution in [3.63, 3.8) is 0 Å². The highest BCUT2D eigenvalue weighted by Crippen LogP contribution is 2.20. The molecule has 2 N–H and O–H groups in total. The summed E-state index contributed by atoms with van der Waals surface area (Å²) in [5.41, 5.74) is 1.03. The normalized spacial score (nSPS) is 21.3. The van der Waals surface area contributed by atoms with Crippen molar-refractivity contribution in [3.8, 4) is 0 Å². The lowest BCUT2D eigenvalue weighted by Crippen LogP contribution is -2.35. The first-order valence-electron chi connectivity index (χ1n) is 7.57. The van der Waals surface area contributed by atoms with Crippen LogP contribution in [0.2, 0.25) is 0 Å². The molecule has 0 spiro atoms. The van der Waals surface area contributed by atoms with Crippen LogP contribution in [0, 0.1) is 5.92 Å². The Labute approximate surface area is 128 Å². The molecule has 1 aromatic rings. The number of morpholine rings is 1. The highest BCUT2D eigenvalue weighted by atomic mass is 32.1. The first kappa shape index (κ1) is 14.9. The monoisotopic (exact) mass is 310 g/mol. The number of rotatable bonds is 4. The number of carbonyl (C=O) groups excluding carboxylic acids is 1. The van der Waals surface area contributed by atoms with Gasteiger partial charge in [-0.05, 0) is 25.9 Å². The van der Waals surface area contributed by atoms with Gasteiger partial charge in [-0.2, -0.15) is 0 Å². The summed E-state index contributed by atoms with van der Waals surface area (Å²) >= 11 is 1.51. The van der Waals surface area contributed by atoms with Gasteiger partial charge in [0.2, 0.25) is 5.91 Å². The molecule has 116 valence electrons. The maximum absolute atomic E-state index is 12.2. The summed E-state index contributed by atoms with van der Waals surface area (Å²) in [5, 5.41) is 9.00. The van der Waals surface area contributed by atoms with Gasteiger partial charge < -0.3 is 15.4 Å². The second kappa shape index (κ2) is 7.31. The number of thiazole rings is 1. The molecule has 0 bridgehead atoms. The summed E-state index contributed by atoms with van der Waals surface area (Å²) in [6, 6.07) is 0. The zero-order chi connectivity index (χ0) is 14.5. The minimum atomic E-state index is 0.115. The van der Waals surface area contributed by atoms with E-state index in [2.05, 4.69) is 20.5 Å². The van der Waals surface area contributed by atoms with Crippen molar-refractivity contribution >= 4 is 22.4 Å².